The standard InChI is InChI=1S/C16H12F3N3O/c17-16(18,19)13-5-1-3-11(9-13)14-6-8-22(21-14)15(23)12-4-2-7-20-10-12/h1-5,7,9-10H,6,8H2. The molecule has 2 aromatic rings. The molecule has 0 atom stereocenters. The first-order valence-electron chi connectivity index (χ1n) is 6.92. The van der Waals surface area contributed by atoms with E-state index >= 15 is 0 Å². The number of alkyl halides is 3. The van der Waals surface area contributed by atoms with Crippen LogP contribution in [0.15, 0.2) is 53.9 Å². The Balaban J connectivity index is 1.84. The van der Waals surface area contributed by atoms with Crippen molar-refractivity contribution in [3.8, 4) is 0 Å². The fraction of sp³-hybridized carbons (Fsp3) is 0.188. The molecule has 23 heavy (non-hydrogen) atoms. The number of rotatable bonds is 2. The Kier molecular flexibility index (Phi) is 3.85. The van der Waals surface area contributed by atoms with Crippen LogP contribution in [0.25, 0.3) is 0 Å². The molecule has 0 saturated carbocycles. The highest BCUT2D eigenvalue weighted by atomic mass is 19.4. The number of hydrogen-bond acceptors (Lipinski definition) is 3. The van der Waals surface area contributed by atoms with Gasteiger partial charge in [0.25, 0.3) is 5.91 Å². The van der Waals surface area contributed by atoms with Crippen molar-refractivity contribution in [1.29, 1.82) is 0 Å². The summed E-state index contributed by atoms with van der Waals surface area (Å²) in [5, 5.41) is 5.42. The average molecular weight is 319 g/mol. The maximum Gasteiger partial charge on any atom is 0.416 e. The lowest BCUT2D eigenvalue weighted by atomic mass is 10.0. The van der Waals surface area contributed by atoms with Gasteiger partial charge in [-0.25, -0.2) is 5.01 Å². The number of hydrogen-bond donors (Lipinski definition) is 0. The second-order valence-corrected chi connectivity index (χ2v) is 5.05. The van der Waals surface area contributed by atoms with Crippen LogP contribution in [-0.2, 0) is 6.18 Å². The summed E-state index contributed by atoms with van der Waals surface area (Å²) in [6.07, 6.45) is -1.01. The molecule has 1 aliphatic heterocycles. The van der Waals surface area contributed by atoms with E-state index in [4.69, 9.17) is 0 Å². The number of nitrogens with zero attached hydrogens (tertiary/aromatic N) is 3. The van der Waals surface area contributed by atoms with Crippen LogP contribution in [0.5, 0.6) is 0 Å². The van der Waals surface area contributed by atoms with Gasteiger partial charge in [0.1, 0.15) is 0 Å². The van der Waals surface area contributed by atoms with E-state index < -0.39 is 11.7 Å². The Morgan fingerprint density at radius 1 is 1.17 bits per heavy atom. The van der Waals surface area contributed by atoms with Gasteiger partial charge < -0.3 is 0 Å². The number of aromatic nitrogens is 1. The van der Waals surface area contributed by atoms with Gasteiger partial charge >= 0.3 is 6.18 Å². The fourth-order valence-corrected chi connectivity index (χ4v) is 2.32. The first-order valence-corrected chi connectivity index (χ1v) is 6.92. The number of hydrazone groups is 1. The van der Waals surface area contributed by atoms with E-state index in [1.54, 1.807) is 24.4 Å². The van der Waals surface area contributed by atoms with E-state index in [-0.39, 0.29) is 5.91 Å². The molecular formula is C16H12F3N3O. The summed E-state index contributed by atoms with van der Waals surface area (Å²) in [5.41, 5.74) is 0.505. The SMILES string of the molecule is O=C(c1cccnc1)N1CCC(c2cccc(C(F)(F)F)c2)=N1. The number of halogens is 3. The summed E-state index contributed by atoms with van der Waals surface area (Å²) in [6.45, 7) is 0.333. The highest BCUT2D eigenvalue weighted by molar-refractivity contribution is 6.04. The minimum absolute atomic E-state index is 0.319. The summed E-state index contributed by atoms with van der Waals surface area (Å²) < 4.78 is 38.3. The zero-order chi connectivity index (χ0) is 16.4. The number of carbonyl (C=O) groups excluding carboxylic acids is 1. The number of carbonyl (C=O) groups is 1. The van der Waals surface area contributed by atoms with E-state index in [1.807, 2.05) is 0 Å². The van der Waals surface area contributed by atoms with Crippen molar-refractivity contribution in [2.24, 2.45) is 5.10 Å². The van der Waals surface area contributed by atoms with Crippen molar-refractivity contribution in [2.75, 3.05) is 6.54 Å². The molecule has 0 spiro atoms. The van der Waals surface area contributed by atoms with Gasteiger partial charge in [0.2, 0.25) is 0 Å². The first-order chi connectivity index (χ1) is 10.9. The molecule has 0 N–H and O–H groups in total. The summed E-state index contributed by atoms with van der Waals surface area (Å²) in [7, 11) is 0. The molecule has 1 aromatic carbocycles. The van der Waals surface area contributed by atoms with Crippen LogP contribution in [0.3, 0.4) is 0 Å². The third-order valence-electron chi connectivity index (χ3n) is 3.47. The van der Waals surface area contributed by atoms with Crippen LogP contribution in [0.4, 0.5) is 13.2 Å². The molecule has 0 saturated heterocycles. The van der Waals surface area contributed by atoms with Crippen molar-refractivity contribution in [3.05, 3.63) is 65.5 Å². The van der Waals surface area contributed by atoms with Gasteiger partial charge in [0.05, 0.1) is 23.4 Å². The lowest BCUT2D eigenvalue weighted by Gasteiger charge is -2.10. The summed E-state index contributed by atoms with van der Waals surface area (Å²) >= 11 is 0. The van der Waals surface area contributed by atoms with Gasteiger partial charge in [-0.3, -0.25) is 9.78 Å². The molecule has 2 heterocycles. The molecule has 118 valence electrons. The Bertz CT molecular complexity index is 757. The average Bonchev–Trinajstić information content (AvgIpc) is 3.04. The van der Waals surface area contributed by atoms with E-state index in [1.165, 1.54) is 17.3 Å². The molecule has 1 aromatic heterocycles. The maximum absolute atomic E-state index is 12.8. The molecular weight excluding hydrogens is 307 g/mol. The molecule has 1 amide bonds. The van der Waals surface area contributed by atoms with Gasteiger partial charge in [-0.2, -0.15) is 18.3 Å². The molecule has 1 aliphatic rings. The van der Waals surface area contributed by atoms with Crippen LogP contribution in [0.2, 0.25) is 0 Å². The van der Waals surface area contributed by atoms with Crippen molar-refractivity contribution < 1.29 is 18.0 Å². The highest BCUT2D eigenvalue weighted by Gasteiger charge is 2.31. The zero-order valence-electron chi connectivity index (χ0n) is 11.9. The Morgan fingerprint density at radius 3 is 2.70 bits per heavy atom. The first kappa shape index (κ1) is 15.2. The largest absolute Gasteiger partial charge is 0.416 e. The van der Waals surface area contributed by atoms with Crippen LogP contribution in [0.1, 0.15) is 27.9 Å². The van der Waals surface area contributed by atoms with Gasteiger partial charge in [0.15, 0.2) is 0 Å². The monoisotopic (exact) mass is 319 g/mol. The minimum atomic E-state index is -4.40. The van der Waals surface area contributed by atoms with E-state index in [2.05, 4.69) is 10.1 Å². The Morgan fingerprint density at radius 2 is 2.00 bits per heavy atom. The quantitative estimate of drug-likeness (QED) is 0.852. The molecule has 0 unspecified atom stereocenters. The predicted molar refractivity (Wildman–Crippen MR) is 77.9 cm³/mol. The summed E-state index contributed by atoms with van der Waals surface area (Å²) in [4.78, 5) is 16.1. The number of benzene rings is 1. The molecule has 3 rings (SSSR count). The second kappa shape index (κ2) is 5.83. The van der Waals surface area contributed by atoms with Gasteiger partial charge in [-0.05, 0) is 29.8 Å². The van der Waals surface area contributed by atoms with Crippen LogP contribution < -0.4 is 0 Å². The smallest absolute Gasteiger partial charge is 0.267 e. The molecule has 0 radical (unpaired) electrons. The van der Waals surface area contributed by atoms with Crippen molar-refractivity contribution in [1.82, 2.24) is 9.99 Å². The van der Waals surface area contributed by atoms with E-state index in [0.29, 0.717) is 29.8 Å². The topological polar surface area (TPSA) is 45.6 Å². The normalized spacial score (nSPS) is 14.7. The minimum Gasteiger partial charge on any atom is -0.267 e. The maximum atomic E-state index is 12.8. The molecule has 7 heteroatoms. The lowest BCUT2D eigenvalue weighted by molar-refractivity contribution is -0.137. The van der Waals surface area contributed by atoms with Crippen LogP contribution in [0, 0.1) is 0 Å². The number of amides is 1. The molecule has 0 bridgehead atoms. The zero-order valence-corrected chi connectivity index (χ0v) is 11.9. The van der Waals surface area contributed by atoms with Crippen molar-refractivity contribution >= 4 is 11.6 Å². The van der Waals surface area contributed by atoms with Crippen molar-refractivity contribution in [3.63, 3.8) is 0 Å². The lowest BCUT2D eigenvalue weighted by Crippen LogP contribution is -2.23. The second-order valence-electron chi connectivity index (χ2n) is 5.05. The third-order valence-corrected chi connectivity index (χ3v) is 3.47. The predicted octanol–water partition coefficient (Wildman–Crippen LogP) is 3.35. The fourth-order valence-electron chi connectivity index (χ4n) is 2.32. The van der Waals surface area contributed by atoms with Crippen LogP contribution >= 0.6 is 0 Å². The number of pyridine rings is 1. The van der Waals surface area contributed by atoms with Gasteiger partial charge in [-0.15, -0.1) is 0 Å². The van der Waals surface area contributed by atoms with Gasteiger partial charge in [-0.1, -0.05) is 12.1 Å². The summed E-state index contributed by atoms with van der Waals surface area (Å²) in [5.74, 6) is -0.319. The Hall–Kier alpha value is -2.70. The van der Waals surface area contributed by atoms with Crippen LogP contribution in [-0.4, -0.2) is 28.2 Å². The molecule has 0 fully saturated rings. The van der Waals surface area contributed by atoms with Gasteiger partial charge in [0, 0.05) is 18.8 Å². The highest BCUT2D eigenvalue weighted by Crippen LogP contribution is 2.30. The van der Waals surface area contributed by atoms with Crippen molar-refractivity contribution in [2.45, 2.75) is 12.6 Å². The van der Waals surface area contributed by atoms with E-state index in [9.17, 15) is 18.0 Å². The molecule has 4 nitrogen and oxygen atoms in total. The van der Waals surface area contributed by atoms with E-state index in [0.717, 1.165) is 12.1 Å². The third kappa shape index (κ3) is 3.23. The summed E-state index contributed by atoms with van der Waals surface area (Å²) in [6, 6.07) is 8.22. The molecule has 0 aliphatic carbocycles. The Labute approximate surface area is 130 Å².